The molecule has 2 amide bonds. The van der Waals surface area contributed by atoms with Gasteiger partial charge >= 0.3 is 0 Å². The quantitative estimate of drug-likeness (QED) is 0.0320. The van der Waals surface area contributed by atoms with Crippen molar-refractivity contribution in [3.8, 4) is 29.4 Å². The predicted octanol–water partition coefficient (Wildman–Crippen LogP) is 9.12. The summed E-state index contributed by atoms with van der Waals surface area (Å²) in [5.41, 5.74) is 7.78. The van der Waals surface area contributed by atoms with Gasteiger partial charge < -0.3 is 49.9 Å². The van der Waals surface area contributed by atoms with Crippen LogP contribution in [0.5, 0.6) is 11.5 Å². The molecule has 21 heteroatoms. The Kier molecular flexibility index (Phi) is 18.8. The second-order valence-corrected chi connectivity index (χ2v) is 20.4. The number of halogens is 5. The Morgan fingerprint density at radius 3 is 2.39 bits per heavy atom. The fourth-order valence-electron chi connectivity index (χ4n) is 9.50. The molecule has 4 atom stereocenters. The zero-order valence-corrected chi connectivity index (χ0v) is 45.3. The Morgan fingerprint density at radius 2 is 1.70 bits per heavy atom. The van der Waals surface area contributed by atoms with Crippen LogP contribution in [0.3, 0.4) is 0 Å². The summed E-state index contributed by atoms with van der Waals surface area (Å²) in [5, 5.41) is 20.7. The van der Waals surface area contributed by atoms with Crippen LogP contribution < -0.4 is 31.2 Å². The first-order chi connectivity index (χ1) is 36.3. The number of methoxy groups -OCH3 is 2. The maximum absolute atomic E-state index is 16.2. The van der Waals surface area contributed by atoms with Crippen LogP contribution >= 0.6 is 34.8 Å². The Morgan fingerprint density at radius 1 is 0.961 bits per heavy atom. The Hall–Kier alpha value is -6.61. The van der Waals surface area contributed by atoms with E-state index in [0.29, 0.717) is 29.7 Å². The van der Waals surface area contributed by atoms with Crippen LogP contribution in [0.25, 0.3) is 11.0 Å². The molecule has 1 aliphatic heterocycles. The first-order valence-electron chi connectivity index (χ1n) is 24.2. The lowest BCUT2D eigenvalue weighted by molar-refractivity contribution is -0.118. The molecule has 1 fully saturated rings. The lowest BCUT2D eigenvalue weighted by Crippen LogP contribution is -2.45. The minimum Gasteiger partial charge on any atom is -0.496 e. The van der Waals surface area contributed by atoms with E-state index in [-0.39, 0.29) is 95.3 Å². The van der Waals surface area contributed by atoms with Gasteiger partial charge in [-0.3, -0.25) is 14.6 Å². The van der Waals surface area contributed by atoms with Crippen LogP contribution in [0.4, 0.5) is 20.4 Å². The highest BCUT2D eigenvalue weighted by atomic mass is 35.5. The third kappa shape index (κ3) is 12.8. The molecule has 0 bridgehead atoms. The number of benzene rings is 3. The molecule has 400 valence electrons. The number of amides is 2. The van der Waals surface area contributed by atoms with E-state index in [2.05, 4.69) is 48.8 Å². The predicted molar refractivity (Wildman–Crippen MR) is 287 cm³/mol. The fraction of sp³-hybridized carbons (Fsp3) is 0.382. The summed E-state index contributed by atoms with van der Waals surface area (Å²) in [6.07, 6.45) is 3.88. The molecule has 1 aliphatic rings. The number of carbonyl (C=O) groups excluding carboxylic acids is 2. The normalized spacial score (nSPS) is 17.2. The van der Waals surface area contributed by atoms with Crippen LogP contribution in [0, 0.1) is 54.1 Å². The molecule has 76 heavy (non-hydrogen) atoms. The van der Waals surface area contributed by atoms with Gasteiger partial charge in [-0.2, -0.15) is 10.2 Å². The van der Waals surface area contributed by atoms with Crippen molar-refractivity contribution in [3.05, 3.63) is 133 Å². The van der Waals surface area contributed by atoms with Crippen molar-refractivity contribution in [1.29, 1.82) is 5.26 Å². The first kappa shape index (κ1) is 57.1. The van der Waals surface area contributed by atoms with Crippen LogP contribution in [0.15, 0.2) is 67.0 Å². The average Bonchev–Trinajstić information content (AvgIpc) is 3.98. The lowest BCUT2D eigenvalue weighted by Gasteiger charge is -2.37. The van der Waals surface area contributed by atoms with Gasteiger partial charge in [0.05, 0.1) is 93.3 Å². The molecule has 0 aliphatic carbocycles. The number of nitrogens with zero attached hydrogens (tertiary/aromatic N) is 5. The number of aromatic nitrogens is 4. The van der Waals surface area contributed by atoms with Gasteiger partial charge in [0.25, 0.3) is 5.91 Å². The van der Waals surface area contributed by atoms with E-state index < -0.39 is 52.3 Å². The topological polar surface area (TPSA) is 210 Å². The molecule has 3 aromatic carbocycles. The minimum absolute atomic E-state index is 0.0370. The van der Waals surface area contributed by atoms with Crippen molar-refractivity contribution >= 4 is 69.3 Å². The van der Waals surface area contributed by atoms with Gasteiger partial charge in [-0.25, -0.2) is 13.8 Å². The van der Waals surface area contributed by atoms with Gasteiger partial charge in [0.15, 0.2) is 0 Å². The number of anilines is 2. The number of nitrogen functional groups attached to an aromatic ring is 1. The number of hydrogen-bond acceptors (Lipinski definition) is 13. The second-order valence-electron chi connectivity index (χ2n) is 19.2. The van der Waals surface area contributed by atoms with Crippen LogP contribution in [-0.4, -0.2) is 104 Å². The fourth-order valence-corrected chi connectivity index (χ4v) is 10.1. The summed E-state index contributed by atoms with van der Waals surface area (Å²) in [6.45, 7) is 11.7. The highest BCUT2D eigenvalue weighted by Gasteiger charge is 2.61. The van der Waals surface area contributed by atoms with Gasteiger partial charge in [-0.15, -0.1) is 0 Å². The van der Waals surface area contributed by atoms with E-state index in [9.17, 15) is 14.9 Å². The van der Waals surface area contributed by atoms with Crippen LogP contribution in [0.2, 0.25) is 15.2 Å². The van der Waals surface area contributed by atoms with Crippen molar-refractivity contribution in [2.24, 2.45) is 5.41 Å². The third-order valence-corrected chi connectivity index (χ3v) is 13.7. The van der Waals surface area contributed by atoms with Crippen molar-refractivity contribution in [2.45, 2.75) is 71.0 Å². The number of aryl methyl sites for hydroxylation is 1. The highest BCUT2D eigenvalue weighted by Crippen LogP contribution is 2.53. The molecule has 6 aromatic rings. The summed E-state index contributed by atoms with van der Waals surface area (Å²) in [7, 11) is 3.00. The summed E-state index contributed by atoms with van der Waals surface area (Å²) in [4.78, 5) is 40.9. The smallest absolute Gasteiger partial charge is 0.251 e. The number of fused-ring (bicyclic) bond motifs is 1. The van der Waals surface area contributed by atoms with E-state index in [0.717, 1.165) is 28.6 Å². The largest absolute Gasteiger partial charge is 0.496 e. The van der Waals surface area contributed by atoms with Crippen molar-refractivity contribution in [3.63, 3.8) is 0 Å². The Balaban J connectivity index is 0.889. The van der Waals surface area contributed by atoms with E-state index >= 15 is 8.78 Å². The van der Waals surface area contributed by atoms with Gasteiger partial charge in [0.2, 0.25) is 11.9 Å². The Bertz CT molecular complexity index is 3230. The van der Waals surface area contributed by atoms with Crippen molar-refractivity contribution < 1.29 is 42.1 Å². The standard InChI is InChI=1S/C55H58Cl3F2N9O7/c1-31-27-64-41(32(2)48(31)73-7)29-69-28-34(44-49(58)67-53(62)68-50(44)69)10-9-18-74-20-22-76-23-21-75-19-17-63-51(70)33-13-16-40(42(24-33)72-6)65-52(71)47-45(36-11-8-12-38(57)46(36)60)55(30-61,43(66-47)26-54(3,4)5)37-15-14-35(56)25-39(37)59/h8,11-16,24-25,27-28,43,45,47,66H,17-23,26,29H2,1-7H3,(H,63,70)(H,65,71)(H2,62,67,68). The SMILES string of the molecule is COc1cc(C(=O)NCCOCCOCCOCC#Cc2cn(Cc3ncc(C)c(OC)c3C)c3nc(N)nc(Cl)c23)ccc1NC(=O)C1NC(CC(C)(C)C)C(C#N)(c2ccc(Cl)cc2F)C1c1cccc(Cl)c1F. The first-order valence-corrected chi connectivity index (χ1v) is 25.3. The molecule has 0 radical (unpaired) electrons. The maximum atomic E-state index is 16.2. The van der Waals surface area contributed by atoms with Gasteiger partial charge in [0, 0.05) is 58.2 Å². The summed E-state index contributed by atoms with van der Waals surface area (Å²) >= 11 is 19.0. The molecule has 0 spiro atoms. The maximum Gasteiger partial charge on any atom is 0.251 e. The molecule has 3 aromatic heterocycles. The summed E-state index contributed by atoms with van der Waals surface area (Å²) < 4.78 is 62.2. The summed E-state index contributed by atoms with van der Waals surface area (Å²) in [6, 6.07) is 12.9. The second kappa shape index (κ2) is 25.0. The van der Waals surface area contributed by atoms with E-state index in [1.54, 1.807) is 13.3 Å². The molecule has 1 saturated heterocycles. The molecule has 5 N–H and O–H groups in total. The Labute approximate surface area is 454 Å². The molecule has 4 heterocycles. The monoisotopic (exact) mass is 1100 g/mol. The zero-order chi connectivity index (χ0) is 54.9. The van der Waals surface area contributed by atoms with E-state index in [4.69, 9.17) is 64.2 Å². The number of pyridine rings is 1. The van der Waals surface area contributed by atoms with Crippen LogP contribution in [-0.2, 0) is 31.0 Å². The van der Waals surface area contributed by atoms with Crippen LogP contribution in [0.1, 0.15) is 77.0 Å². The number of nitrogens with two attached hydrogens (primary N) is 1. The number of ether oxygens (including phenoxy) is 5. The highest BCUT2D eigenvalue weighted by molar-refractivity contribution is 6.34. The number of nitriles is 1. The van der Waals surface area contributed by atoms with E-state index in [1.807, 2.05) is 45.4 Å². The molecule has 16 nitrogen and oxygen atoms in total. The molecular formula is C55H58Cl3F2N9O7. The van der Waals surface area contributed by atoms with E-state index in [1.165, 1.54) is 55.6 Å². The number of rotatable bonds is 20. The van der Waals surface area contributed by atoms with Gasteiger partial charge in [-0.05, 0) is 67.6 Å². The molecule has 7 rings (SSSR count). The van der Waals surface area contributed by atoms with Gasteiger partial charge in [-0.1, -0.05) is 85.6 Å². The molecular weight excluding hydrogens is 1040 g/mol. The lowest BCUT2D eigenvalue weighted by atomic mass is 9.62. The minimum atomic E-state index is -1.82. The molecule has 4 unspecified atom stereocenters. The number of hydrogen-bond donors (Lipinski definition) is 4. The van der Waals surface area contributed by atoms with Gasteiger partial charge in [0.1, 0.15) is 46.0 Å². The number of carbonyl (C=O) groups is 2. The average molecular weight is 1100 g/mol. The summed E-state index contributed by atoms with van der Waals surface area (Å²) in [5.74, 6) is 3.06. The molecule has 0 saturated carbocycles. The van der Waals surface area contributed by atoms with Crippen molar-refractivity contribution in [2.75, 3.05) is 71.5 Å². The van der Waals surface area contributed by atoms with Crippen molar-refractivity contribution in [1.82, 2.24) is 30.2 Å². The zero-order valence-electron chi connectivity index (χ0n) is 43.0. The third-order valence-electron chi connectivity index (χ3n) is 12.9. The number of nitrogens with one attached hydrogen (secondary N) is 3.